The Morgan fingerprint density at radius 1 is 1.12 bits per heavy atom. The second-order valence-electron chi connectivity index (χ2n) is 5.47. The van der Waals surface area contributed by atoms with E-state index in [2.05, 4.69) is 5.32 Å². The molecular formula is C18H18N2O3S. The average Bonchev–Trinajstić information content (AvgIpc) is 3.16. The van der Waals surface area contributed by atoms with Crippen molar-refractivity contribution >= 4 is 34.4 Å². The number of hydrogen-bond donors (Lipinski definition) is 1. The summed E-state index contributed by atoms with van der Waals surface area (Å²) in [6.45, 7) is 2.55. The molecule has 1 N–H and O–H groups in total. The number of nitrogens with zero attached hydrogens (tertiary/aromatic N) is 1. The monoisotopic (exact) mass is 342 g/mol. The number of rotatable bonds is 6. The van der Waals surface area contributed by atoms with Crippen LogP contribution in [0.5, 0.6) is 0 Å². The lowest BCUT2D eigenvalue weighted by Crippen LogP contribution is -2.35. The van der Waals surface area contributed by atoms with Gasteiger partial charge in [0.05, 0.1) is 18.7 Å². The molecule has 5 nitrogen and oxygen atoms in total. The van der Waals surface area contributed by atoms with Gasteiger partial charge < -0.3 is 10.1 Å². The Labute approximate surface area is 144 Å². The van der Waals surface area contributed by atoms with Gasteiger partial charge in [-0.3, -0.25) is 14.5 Å². The Hall–Kier alpha value is -2.44. The number of carbonyl (C=O) groups is 2. The Kier molecular flexibility index (Phi) is 4.78. The summed E-state index contributed by atoms with van der Waals surface area (Å²) < 4.78 is 5.01. The molecule has 1 aromatic heterocycles. The molecule has 0 aliphatic carbocycles. The van der Waals surface area contributed by atoms with Gasteiger partial charge in [-0.2, -0.15) is 0 Å². The van der Waals surface area contributed by atoms with Crippen LogP contribution in [0.1, 0.15) is 10.4 Å². The van der Waals surface area contributed by atoms with Crippen LogP contribution >= 0.6 is 11.3 Å². The van der Waals surface area contributed by atoms with Crippen molar-refractivity contribution in [3.05, 3.63) is 57.9 Å². The maximum Gasteiger partial charge on any atom is 0.278 e. The van der Waals surface area contributed by atoms with E-state index in [1.807, 2.05) is 48.7 Å². The maximum absolute atomic E-state index is 12.7. The van der Waals surface area contributed by atoms with Crippen molar-refractivity contribution in [1.82, 2.24) is 4.90 Å². The van der Waals surface area contributed by atoms with Gasteiger partial charge in [-0.15, -0.1) is 11.3 Å². The molecule has 0 spiro atoms. The number of imide groups is 1. The van der Waals surface area contributed by atoms with Crippen LogP contribution in [0.15, 0.2) is 47.5 Å². The third-order valence-electron chi connectivity index (χ3n) is 3.78. The summed E-state index contributed by atoms with van der Waals surface area (Å²) in [7, 11) is 1.55. The first kappa shape index (κ1) is 16.4. The van der Waals surface area contributed by atoms with E-state index in [0.29, 0.717) is 17.9 Å². The van der Waals surface area contributed by atoms with Gasteiger partial charge in [0.1, 0.15) is 5.70 Å². The molecule has 0 unspecified atom stereocenters. The second kappa shape index (κ2) is 6.98. The van der Waals surface area contributed by atoms with Crippen LogP contribution in [-0.2, 0) is 14.3 Å². The van der Waals surface area contributed by atoms with Crippen molar-refractivity contribution in [3.63, 3.8) is 0 Å². The normalized spacial score (nSPS) is 14.7. The van der Waals surface area contributed by atoms with Gasteiger partial charge in [0, 0.05) is 17.7 Å². The van der Waals surface area contributed by atoms with Gasteiger partial charge in [0.25, 0.3) is 11.8 Å². The smallest absolute Gasteiger partial charge is 0.278 e. The highest BCUT2D eigenvalue weighted by atomic mass is 32.1. The van der Waals surface area contributed by atoms with Crippen LogP contribution in [0, 0.1) is 6.92 Å². The van der Waals surface area contributed by atoms with Crippen molar-refractivity contribution < 1.29 is 14.3 Å². The van der Waals surface area contributed by atoms with Crippen LogP contribution in [0.3, 0.4) is 0 Å². The van der Waals surface area contributed by atoms with Crippen molar-refractivity contribution in [1.29, 1.82) is 0 Å². The topological polar surface area (TPSA) is 58.6 Å². The van der Waals surface area contributed by atoms with Crippen molar-refractivity contribution in [2.45, 2.75) is 6.92 Å². The number of amides is 2. The lowest BCUT2D eigenvalue weighted by atomic mass is 10.1. The number of thiophene rings is 1. The van der Waals surface area contributed by atoms with E-state index < -0.39 is 0 Å². The highest BCUT2D eigenvalue weighted by Gasteiger charge is 2.39. The third kappa shape index (κ3) is 3.11. The lowest BCUT2D eigenvalue weighted by molar-refractivity contribution is -0.137. The van der Waals surface area contributed by atoms with Gasteiger partial charge in [-0.05, 0) is 30.5 Å². The summed E-state index contributed by atoms with van der Waals surface area (Å²) in [6.07, 6.45) is 0. The highest BCUT2D eigenvalue weighted by Crippen LogP contribution is 2.32. The Bertz CT molecular complexity index is 779. The largest absolute Gasteiger partial charge is 0.383 e. The van der Waals surface area contributed by atoms with Crippen LogP contribution in [0.4, 0.5) is 5.69 Å². The quantitative estimate of drug-likeness (QED) is 0.820. The van der Waals surface area contributed by atoms with E-state index in [-0.39, 0.29) is 18.4 Å². The Balaban J connectivity index is 1.97. The Morgan fingerprint density at radius 2 is 1.88 bits per heavy atom. The van der Waals surface area contributed by atoms with Crippen LogP contribution < -0.4 is 5.32 Å². The van der Waals surface area contributed by atoms with Gasteiger partial charge in [-0.25, -0.2) is 0 Å². The van der Waals surface area contributed by atoms with Gasteiger partial charge >= 0.3 is 0 Å². The molecule has 0 saturated carbocycles. The minimum absolute atomic E-state index is 0.238. The SMILES string of the molecule is COCCN1C(=O)C(Nc2ccc(C)cc2)=C(c2cccs2)C1=O. The summed E-state index contributed by atoms with van der Waals surface area (Å²) in [5, 5.41) is 5.02. The molecule has 2 heterocycles. The summed E-state index contributed by atoms with van der Waals surface area (Å²) in [5.41, 5.74) is 2.65. The molecule has 0 bridgehead atoms. The molecule has 0 fully saturated rings. The molecular weight excluding hydrogens is 324 g/mol. The fraction of sp³-hybridized carbons (Fsp3) is 0.222. The number of ether oxygens (including phenoxy) is 1. The minimum atomic E-state index is -0.318. The molecule has 2 aromatic rings. The van der Waals surface area contributed by atoms with E-state index in [4.69, 9.17) is 4.74 Å². The minimum Gasteiger partial charge on any atom is -0.383 e. The highest BCUT2D eigenvalue weighted by molar-refractivity contribution is 7.11. The molecule has 1 aliphatic rings. The summed E-state index contributed by atoms with van der Waals surface area (Å²) >= 11 is 1.44. The van der Waals surface area contributed by atoms with Gasteiger partial charge in [0.15, 0.2) is 0 Å². The van der Waals surface area contributed by atoms with E-state index >= 15 is 0 Å². The van der Waals surface area contributed by atoms with Crippen molar-refractivity contribution in [2.24, 2.45) is 0 Å². The van der Waals surface area contributed by atoms with E-state index in [9.17, 15) is 9.59 Å². The molecule has 2 amide bonds. The molecule has 1 aliphatic heterocycles. The fourth-order valence-corrected chi connectivity index (χ4v) is 3.28. The van der Waals surface area contributed by atoms with Crippen LogP contribution in [0.2, 0.25) is 0 Å². The lowest BCUT2D eigenvalue weighted by Gasteiger charge is -2.14. The zero-order valence-electron chi connectivity index (χ0n) is 13.5. The zero-order valence-corrected chi connectivity index (χ0v) is 14.4. The Morgan fingerprint density at radius 3 is 2.50 bits per heavy atom. The molecule has 6 heteroatoms. The molecule has 0 atom stereocenters. The fourth-order valence-electron chi connectivity index (χ4n) is 2.51. The predicted octanol–water partition coefficient (Wildman–Crippen LogP) is 2.89. The van der Waals surface area contributed by atoms with Crippen molar-refractivity contribution in [2.75, 3.05) is 25.6 Å². The number of nitrogens with one attached hydrogen (secondary N) is 1. The van der Waals surface area contributed by atoms with E-state index in [1.165, 1.54) is 16.2 Å². The molecule has 1 aromatic carbocycles. The molecule has 0 saturated heterocycles. The summed E-state index contributed by atoms with van der Waals surface area (Å²) in [5.74, 6) is -0.602. The standard InChI is InChI=1S/C18H18N2O3S/c1-12-5-7-13(8-6-12)19-16-15(14-4-3-11-24-14)17(21)20(18(16)22)9-10-23-2/h3-8,11,19H,9-10H2,1-2H3. The van der Waals surface area contributed by atoms with Gasteiger partial charge in [-0.1, -0.05) is 23.8 Å². The van der Waals surface area contributed by atoms with Crippen LogP contribution in [-0.4, -0.2) is 37.0 Å². The van der Waals surface area contributed by atoms with Crippen molar-refractivity contribution in [3.8, 4) is 0 Å². The van der Waals surface area contributed by atoms with Gasteiger partial charge in [0.2, 0.25) is 0 Å². The second-order valence-corrected chi connectivity index (χ2v) is 6.42. The third-order valence-corrected chi connectivity index (χ3v) is 4.66. The number of methoxy groups -OCH3 is 1. The first-order valence-electron chi connectivity index (χ1n) is 7.59. The number of anilines is 1. The molecule has 0 radical (unpaired) electrons. The number of benzene rings is 1. The average molecular weight is 342 g/mol. The molecule has 124 valence electrons. The van der Waals surface area contributed by atoms with E-state index in [1.54, 1.807) is 7.11 Å². The number of aryl methyl sites for hydroxylation is 1. The first-order chi connectivity index (χ1) is 11.6. The molecule has 24 heavy (non-hydrogen) atoms. The zero-order chi connectivity index (χ0) is 17.1. The van der Waals surface area contributed by atoms with E-state index in [0.717, 1.165) is 16.1 Å². The first-order valence-corrected chi connectivity index (χ1v) is 8.46. The number of carbonyl (C=O) groups excluding carboxylic acids is 2. The maximum atomic E-state index is 12.7. The number of hydrogen-bond acceptors (Lipinski definition) is 5. The predicted molar refractivity (Wildman–Crippen MR) is 94.6 cm³/mol. The molecule has 3 rings (SSSR count). The van der Waals surface area contributed by atoms with Crippen LogP contribution in [0.25, 0.3) is 5.57 Å². The summed E-state index contributed by atoms with van der Waals surface area (Å²) in [6, 6.07) is 11.4. The summed E-state index contributed by atoms with van der Waals surface area (Å²) in [4.78, 5) is 27.5.